The molecule has 3 atom stereocenters. The molecular formula is C17H30N2O2. The van der Waals surface area contributed by atoms with Crippen molar-refractivity contribution >= 4 is 5.91 Å². The lowest BCUT2D eigenvalue weighted by atomic mass is 9.97. The SMILES string of the molecule is CCN(C(=O)CCC1CCCCO1)C1CC2CCC(C1)N2. The third kappa shape index (κ3) is 3.78. The first-order valence-corrected chi connectivity index (χ1v) is 8.93. The monoisotopic (exact) mass is 294 g/mol. The van der Waals surface area contributed by atoms with Crippen LogP contribution in [0.5, 0.6) is 0 Å². The summed E-state index contributed by atoms with van der Waals surface area (Å²) in [6.07, 6.45) is 10.4. The number of carbonyl (C=O) groups is 1. The van der Waals surface area contributed by atoms with Gasteiger partial charge in [0, 0.05) is 37.7 Å². The predicted molar refractivity (Wildman–Crippen MR) is 83.2 cm³/mol. The van der Waals surface area contributed by atoms with E-state index in [0.29, 0.717) is 36.6 Å². The van der Waals surface area contributed by atoms with Gasteiger partial charge in [0.1, 0.15) is 0 Å². The third-order valence-corrected chi connectivity index (χ3v) is 5.50. The molecule has 0 aromatic rings. The van der Waals surface area contributed by atoms with Crippen LogP contribution in [0.1, 0.15) is 64.7 Å². The summed E-state index contributed by atoms with van der Waals surface area (Å²) in [6, 6.07) is 1.77. The van der Waals surface area contributed by atoms with Crippen LogP contribution in [0.2, 0.25) is 0 Å². The van der Waals surface area contributed by atoms with Crippen LogP contribution in [0.3, 0.4) is 0 Å². The number of fused-ring (bicyclic) bond motifs is 2. The fourth-order valence-corrected chi connectivity index (χ4v) is 4.38. The fourth-order valence-electron chi connectivity index (χ4n) is 4.38. The highest BCUT2D eigenvalue weighted by atomic mass is 16.5. The largest absolute Gasteiger partial charge is 0.378 e. The molecule has 3 unspecified atom stereocenters. The smallest absolute Gasteiger partial charge is 0.222 e. The maximum absolute atomic E-state index is 12.6. The van der Waals surface area contributed by atoms with Gasteiger partial charge in [-0.05, 0) is 58.3 Å². The van der Waals surface area contributed by atoms with Crippen molar-refractivity contribution in [3.63, 3.8) is 0 Å². The number of amides is 1. The molecule has 120 valence electrons. The Morgan fingerprint density at radius 1 is 1.19 bits per heavy atom. The average molecular weight is 294 g/mol. The molecule has 1 N–H and O–H groups in total. The predicted octanol–water partition coefficient (Wildman–Crippen LogP) is 2.47. The van der Waals surface area contributed by atoms with Crippen molar-refractivity contribution in [2.24, 2.45) is 0 Å². The molecule has 0 radical (unpaired) electrons. The maximum Gasteiger partial charge on any atom is 0.222 e. The summed E-state index contributed by atoms with van der Waals surface area (Å²) < 4.78 is 5.75. The number of piperidine rings is 1. The minimum Gasteiger partial charge on any atom is -0.378 e. The summed E-state index contributed by atoms with van der Waals surface area (Å²) >= 11 is 0. The Morgan fingerprint density at radius 3 is 2.57 bits per heavy atom. The van der Waals surface area contributed by atoms with Gasteiger partial charge in [-0.25, -0.2) is 0 Å². The van der Waals surface area contributed by atoms with Gasteiger partial charge in [0.25, 0.3) is 0 Å². The number of rotatable bonds is 5. The van der Waals surface area contributed by atoms with Crippen molar-refractivity contribution in [3.8, 4) is 0 Å². The molecule has 3 aliphatic rings. The molecule has 0 aliphatic carbocycles. The molecule has 0 saturated carbocycles. The van der Waals surface area contributed by atoms with Crippen molar-refractivity contribution in [1.82, 2.24) is 10.2 Å². The van der Waals surface area contributed by atoms with Crippen molar-refractivity contribution in [3.05, 3.63) is 0 Å². The van der Waals surface area contributed by atoms with E-state index in [1.54, 1.807) is 0 Å². The lowest BCUT2D eigenvalue weighted by Gasteiger charge is -2.37. The van der Waals surface area contributed by atoms with E-state index in [-0.39, 0.29) is 0 Å². The van der Waals surface area contributed by atoms with Gasteiger partial charge in [-0.15, -0.1) is 0 Å². The molecule has 3 fully saturated rings. The summed E-state index contributed by atoms with van der Waals surface area (Å²) in [4.78, 5) is 14.7. The van der Waals surface area contributed by atoms with Crippen LogP contribution in [0, 0.1) is 0 Å². The Balaban J connectivity index is 1.49. The van der Waals surface area contributed by atoms with Crippen LogP contribution in [-0.4, -0.2) is 48.2 Å². The molecule has 3 aliphatic heterocycles. The number of nitrogens with one attached hydrogen (secondary N) is 1. The summed E-state index contributed by atoms with van der Waals surface area (Å²) in [5.41, 5.74) is 0. The topological polar surface area (TPSA) is 41.6 Å². The Morgan fingerprint density at radius 2 is 1.95 bits per heavy atom. The molecular weight excluding hydrogens is 264 g/mol. The lowest BCUT2D eigenvalue weighted by Crippen LogP contribution is -2.50. The quantitative estimate of drug-likeness (QED) is 0.847. The van der Waals surface area contributed by atoms with Crippen LogP contribution >= 0.6 is 0 Å². The number of nitrogens with zero attached hydrogens (tertiary/aromatic N) is 1. The zero-order valence-electron chi connectivity index (χ0n) is 13.4. The third-order valence-electron chi connectivity index (χ3n) is 5.50. The van der Waals surface area contributed by atoms with Gasteiger partial charge in [-0.2, -0.15) is 0 Å². The molecule has 2 bridgehead atoms. The van der Waals surface area contributed by atoms with Crippen molar-refractivity contribution in [2.75, 3.05) is 13.2 Å². The Labute approximate surface area is 128 Å². The molecule has 4 heteroatoms. The van der Waals surface area contributed by atoms with Crippen LogP contribution in [0.25, 0.3) is 0 Å². The van der Waals surface area contributed by atoms with Crippen LogP contribution < -0.4 is 5.32 Å². The molecule has 21 heavy (non-hydrogen) atoms. The highest BCUT2D eigenvalue weighted by Gasteiger charge is 2.37. The minimum absolute atomic E-state index is 0.325. The summed E-state index contributed by atoms with van der Waals surface area (Å²) in [7, 11) is 0. The van der Waals surface area contributed by atoms with Crippen molar-refractivity contribution in [2.45, 2.75) is 88.9 Å². The number of carbonyl (C=O) groups excluding carboxylic acids is 1. The molecule has 1 amide bonds. The van der Waals surface area contributed by atoms with E-state index in [9.17, 15) is 4.79 Å². The lowest BCUT2D eigenvalue weighted by molar-refractivity contribution is -0.135. The number of hydrogen-bond acceptors (Lipinski definition) is 3. The molecule has 3 saturated heterocycles. The first-order chi connectivity index (χ1) is 10.3. The van der Waals surface area contributed by atoms with Crippen molar-refractivity contribution in [1.29, 1.82) is 0 Å². The second-order valence-corrected chi connectivity index (χ2v) is 6.97. The molecule has 0 spiro atoms. The standard InChI is InChI=1S/C17H30N2O2/c1-2-19(15-11-13-6-7-14(12-15)18-13)17(20)9-8-16-5-3-4-10-21-16/h13-16,18H,2-12H2,1H3. The Bertz CT molecular complexity index is 343. The van der Waals surface area contributed by atoms with E-state index in [2.05, 4.69) is 17.1 Å². The van der Waals surface area contributed by atoms with Gasteiger partial charge >= 0.3 is 0 Å². The van der Waals surface area contributed by atoms with Gasteiger partial charge in [0.05, 0.1) is 6.10 Å². The van der Waals surface area contributed by atoms with Crippen molar-refractivity contribution < 1.29 is 9.53 Å². The highest BCUT2D eigenvalue weighted by Crippen LogP contribution is 2.30. The van der Waals surface area contributed by atoms with Crippen LogP contribution in [0.15, 0.2) is 0 Å². The highest BCUT2D eigenvalue weighted by molar-refractivity contribution is 5.76. The molecule has 4 nitrogen and oxygen atoms in total. The Hall–Kier alpha value is -0.610. The average Bonchev–Trinajstić information content (AvgIpc) is 2.85. The maximum atomic E-state index is 12.6. The zero-order valence-corrected chi connectivity index (χ0v) is 13.4. The van der Waals surface area contributed by atoms with Crippen LogP contribution in [-0.2, 0) is 9.53 Å². The normalized spacial score (nSPS) is 35.7. The Kier molecular flexibility index (Phi) is 5.17. The first kappa shape index (κ1) is 15.3. The fraction of sp³-hybridized carbons (Fsp3) is 0.941. The second-order valence-electron chi connectivity index (χ2n) is 6.97. The van der Waals surface area contributed by atoms with Gasteiger partial charge in [0.15, 0.2) is 0 Å². The summed E-state index contributed by atoms with van der Waals surface area (Å²) in [5.74, 6) is 0.345. The molecule has 0 aromatic heterocycles. The van der Waals surface area contributed by atoms with Gasteiger partial charge in [-0.3, -0.25) is 4.79 Å². The van der Waals surface area contributed by atoms with E-state index in [4.69, 9.17) is 4.74 Å². The van der Waals surface area contributed by atoms with Gasteiger partial charge < -0.3 is 15.0 Å². The summed E-state index contributed by atoms with van der Waals surface area (Å²) in [5, 5.41) is 3.66. The molecule has 0 aromatic carbocycles. The van der Waals surface area contributed by atoms with E-state index < -0.39 is 0 Å². The first-order valence-electron chi connectivity index (χ1n) is 8.93. The van der Waals surface area contributed by atoms with Gasteiger partial charge in [0.2, 0.25) is 5.91 Å². The molecule has 3 heterocycles. The minimum atomic E-state index is 0.325. The van der Waals surface area contributed by atoms with E-state index in [1.807, 2.05) is 0 Å². The zero-order chi connectivity index (χ0) is 14.7. The number of ether oxygens (including phenoxy) is 1. The number of hydrogen-bond donors (Lipinski definition) is 1. The van der Waals surface area contributed by atoms with E-state index in [1.165, 1.54) is 25.7 Å². The molecule has 3 rings (SSSR count). The second kappa shape index (κ2) is 7.10. The van der Waals surface area contributed by atoms with E-state index in [0.717, 1.165) is 38.8 Å². The van der Waals surface area contributed by atoms with Crippen LogP contribution in [0.4, 0.5) is 0 Å². The summed E-state index contributed by atoms with van der Waals surface area (Å²) in [6.45, 7) is 3.86. The van der Waals surface area contributed by atoms with E-state index >= 15 is 0 Å². The van der Waals surface area contributed by atoms with Gasteiger partial charge in [-0.1, -0.05) is 0 Å².